The third kappa shape index (κ3) is 4.90. The summed E-state index contributed by atoms with van der Waals surface area (Å²) in [7, 11) is 0. The van der Waals surface area contributed by atoms with E-state index in [9.17, 15) is 9.18 Å². The van der Waals surface area contributed by atoms with Crippen LogP contribution in [0.2, 0.25) is 5.02 Å². The van der Waals surface area contributed by atoms with Gasteiger partial charge in [-0.2, -0.15) is 0 Å². The van der Waals surface area contributed by atoms with Gasteiger partial charge in [-0.05, 0) is 50.2 Å². The number of nitrogens with zero attached hydrogens (tertiary/aromatic N) is 3. The van der Waals surface area contributed by atoms with Crippen LogP contribution < -0.4 is 4.90 Å². The van der Waals surface area contributed by atoms with Crippen molar-refractivity contribution >= 4 is 23.2 Å². The second-order valence-corrected chi connectivity index (χ2v) is 8.37. The molecule has 2 aliphatic heterocycles. The molecule has 1 amide bonds. The van der Waals surface area contributed by atoms with Crippen molar-refractivity contribution < 1.29 is 9.18 Å². The van der Waals surface area contributed by atoms with Gasteiger partial charge in [0.1, 0.15) is 5.82 Å². The van der Waals surface area contributed by atoms with Gasteiger partial charge in [-0.25, -0.2) is 4.39 Å². The van der Waals surface area contributed by atoms with Crippen LogP contribution in [-0.2, 0) is 11.3 Å². The fraction of sp³-hybridized carbons (Fsp3) is 0.435. The van der Waals surface area contributed by atoms with Gasteiger partial charge in [0.15, 0.2) is 0 Å². The normalized spacial score (nSPS) is 18.8. The van der Waals surface area contributed by atoms with Gasteiger partial charge in [0.2, 0.25) is 5.91 Å². The zero-order valence-electron chi connectivity index (χ0n) is 16.6. The third-order valence-corrected chi connectivity index (χ3v) is 6.29. The number of likely N-dealkylation sites (tertiary alicyclic amines) is 1. The minimum atomic E-state index is -0.150. The summed E-state index contributed by atoms with van der Waals surface area (Å²) in [6, 6.07) is 14.8. The quantitative estimate of drug-likeness (QED) is 0.754. The third-order valence-electron chi connectivity index (χ3n) is 6.05. The highest BCUT2D eigenvalue weighted by atomic mass is 35.5. The van der Waals surface area contributed by atoms with Gasteiger partial charge in [-0.1, -0.05) is 35.9 Å². The number of piperazine rings is 1. The largest absolute Gasteiger partial charge is 0.368 e. The second kappa shape index (κ2) is 9.14. The Kier molecular flexibility index (Phi) is 6.36. The molecule has 2 fully saturated rings. The van der Waals surface area contributed by atoms with E-state index in [4.69, 9.17) is 11.6 Å². The molecule has 2 aliphatic rings. The average Bonchev–Trinajstić information content (AvgIpc) is 2.75. The van der Waals surface area contributed by atoms with E-state index >= 15 is 0 Å². The Morgan fingerprint density at radius 3 is 2.38 bits per heavy atom. The number of carbonyl (C=O) groups is 1. The van der Waals surface area contributed by atoms with Gasteiger partial charge in [-0.3, -0.25) is 9.69 Å². The van der Waals surface area contributed by atoms with E-state index in [2.05, 4.69) is 15.9 Å². The van der Waals surface area contributed by atoms with E-state index in [0.717, 1.165) is 68.4 Å². The number of piperidine rings is 1. The molecule has 0 bridgehead atoms. The zero-order chi connectivity index (χ0) is 20.2. The number of carbonyl (C=O) groups excluding carboxylic acids is 1. The molecule has 2 saturated heterocycles. The SMILES string of the molecule is O=C(C1CCN(Cc2ccccc2F)CC1)N1CCN(c2cccc(Cl)c2)CC1. The summed E-state index contributed by atoms with van der Waals surface area (Å²) in [6.45, 7) is 5.46. The van der Waals surface area contributed by atoms with Crippen molar-refractivity contribution in [2.75, 3.05) is 44.2 Å². The summed E-state index contributed by atoms with van der Waals surface area (Å²) in [4.78, 5) is 19.5. The lowest BCUT2D eigenvalue weighted by atomic mass is 9.94. The summed E-state index contributed by atoms with van der Waals surface area (Å²) in [6.07, 6.45) is 1.70. The maximum Gasteiger partial charge on any atom is 0.225 e. The number of benzene rings is 2. The monoisotopic (exact) mass is 415 g/mol. The molecule has 0 radical (unpaired) electrons. The van der Waals surface area contributed by atoms with Crippen LogP contribution in [0.25, 0.3) is 0 Å². The Bertz CT molecular complexity index is 846. The smallest absolute Gasteiger partial charge is 0.225 e. The van der Waals surface area contributed by atoms with Crippen LogP contribution in [0.4, 0.5) is 10.1 Å². The van der Waals surface area contributed by atoms with Gasteiger partial charge < -0.3 is 9.80 Å². The molecule has 29 heavy (non-hydrogen) atoms. The maximum atomic E-state index is 13.9. The summed E-state index contributed by atoms with van der Waals surface area (Å²) in [5, 5.41) is 0.739. The lowest BCUT2D eigenvalue weighted by molar-refractivity contribution is -0.137. The molecule has 4 nitrogen and oxygen atoms in total. The molecule has 2 aromatic carbocycles. The van der Waals surface area contributed by atoms with Crippen LogP contribution >= 0.6 is 11.6 Å². The molecule has 0 spiro atoms. The fourth-order valence-corrected chi connectivity index (χ4v) is 4.51. The predicted octanol–water partition coefficient (Wildman–Crippen LogP) is 4.04. The molecule has 154 valence electrons. The van der Waals surface area contributed by atoms with Crippen molar-refractivity contribution in [1.82, 2.24) is 9.80 Å². The van der Waals surface area contributed by atoms with Crippen molar-refractivity contribution in [2.24, 2.45) is 5.92 Å². The summed E-state index contributed by atoms with van der Waals surface area (Å²) in [5.74, 6) is 0.217. The molecule has 0 N–H and O–H groups in total. The van der Waals surface area contributed by atoms with Crippen LogP contribution in [0, 0.1) is 11.7 Å². The maximum absolute atomic E-state index is 13.9. The highest BCUT2D eigenvalue weighted by Crippen LogP contribution is 2.24. The van der Waals surface area contributed by atoms with Crippen molar-refractivity contribution in [2.45, 2.75) is 19.4 Å². The molecule has 0 aliphatic carbocycles. The van der Waals surface area contributed by atoms with Crippen molar-refractivity contribution in [3.8, 4) is 0 Å². The van der Waals surface area contributed by atoms with Crippen LogP contribution in [-0.4, -0.2) is 55.0 Å². The zero-order valence-corrected chi connectivity index (χ0v) is 17.3. The van der Waals surface area contributed by atoms with E-state index in [1.54, 1.807) is 6.07 Å². The highest BCUT2D eigenvalue weighted by molar-refractivity contribution is 6.30. The van der Waals surface area contributed by atoms with Gasteiger partial charge >= 0.3 is 0 Å². The van der Waals surface area contributed by atoms with Crippen LogP contribution in [0.1, 0.15) is 18.4 Å². The number of hydrogen-bond acceptors (Lipinski definition) is 3. The van der Waals surface area contributed by atoms with Gasteiger partial charge in [0.25, 0.3) is 0 Å². The molecule has 6 heteroatoms. The number of rotatable bonds is 4. The van der Waals surface area contributed by atoms with Crippen LogP contribution in [0.5, 0.6) is 0 Å². The molecule has 0 unspecified atom stereocenters. The van der Waals surface area contributed by atoms with E-state index in [-0.39, 0.29) is 17.6 Å². The molecule has 2 aromatic rings. The van der Waals surface area contributed by atoms with Crippen molar-refractivity contribution in [3.05, 3.63) is 64.9 Å². The molecule has 0 aromatic heterocycles. The van der Waals surface area contributed by atoms with E-state index < -0.39 is 0 Å². The van der Waals surface area contributed by atoms with Gasteiger partial charge in [0.05, 0.1) is 0 Å². The Hall–Kier alpha value is -2.11. The summed E-state index contributed by atoms with van der Waals surface area (Å²) < 4.78 is 13.9. The molecule has 0 atom stereocenters. The van der Waals surface area contributed by atoms with Gasteiger partial charge in [-0.15, -0.1) is 0 Å². The molecular formula is C23H27ClFN3O. The minimum absolute atomic E-state index is 0.0876. The Balaban J connectivity index is 1.25. The standard InChI is InChI=1S/C23H27ClFN3O/c24-20-5-3-6-21(16-20)27-12-14-28(15-13-27)23(29)18-8-10-26(11-9-18)17-19-4-1-2-7-22(19)25/h1-7,16,18H,8-15,17H2. The van der Waals surface area contributed by atoms with Crippen LogP contribution in [0.3, 0.4) is 0 Å². The van der Waals surface area contributed by atoms with Gasteiger partial charge in [0, 0.05) is 54.9 Å². The Morgan fingerprint density at radius 1 is 0.966 bits per heavy atom. The number of amides is 1. The molecule has 0 saturated carbocycles. The number of anilines is 1. The number of hydrogen-bond donors (Lipinski definition) is 0. The number of halogens is 2. The van der Waals surface area contributed by atoms with Crippen LogP contribution in [0.15, 0.2) is 48.5 Å². The lowest BCUT2D eigenvalue weighted by Crippen LogP contribution is -2.51. The van der Waals surface area contributed by atoms with E-state index in [0.29, 0.717) is 6.54 Å². The lowest BCUT2D eigenvalue weighted by Gasteiger charge is -2.39. The highest BCUT2D eigenvalue weighted by Gasteiger charge is 2.30. The predicted molar refractivity (Wildman–Crippen MR) is 115 cm³/mol. The summed E-state index contributed by atoms with van der Waals surface area (Å²) >= 11 is 6.10. The molecule has 2 heterocycles. The first-order chi connectivity index (χ1) is 14.1. The summed E-state index contributed by atoms with van der Waals surface area (Å²) in [5.41, 5.74) is 1.85. The van der Waals surface area contributed by atoms with E-state index in [1.165, 1.54) is 6.07 Å². The molecule has 4 rings (SSSR count). The van der Waals surface area contributed by atoms with Crippen molar-refractivity contribution in [1.29, 1.82) is 0 Å². The second-order valence-electron chi connectivity index (χ2n) is 7.93. The average molecular weight is 416 g/mol. The minimum Gasteiger partial charge on any atom is -0.368 e. The molecular weight excluding hydrogens is 389 g/mol. The first kappa shape index (κ1) is 20.2. The first-order valence-corrected chi connectivity index (χ1v) is 10.7. The first-order valence-electron chi connectivity index (χ1n) is 10.4. The van der Waals surface area contributed by atoms with Crippen molar-refractivity contribution in [3.63, 3.8) is 0 Å². The fourth-order valence-electron chi connectivity index (χ4n) is 4.32. The Morgan fingerprint density at radius 2 is 1.69 bits per heavy atom. The Labute approximate surface area is 176 Å². The topological polar surface area (TPSA) is 26.8 Å². The van der Waals surface area contributed by atoms with E-state index in [1.807, 2.05) is 35.2 Å².